The van der Waals surface area contributed by atoms with Gasteiger partial charge in [-0.3, -0.25) is 0 Å². The van der Waals surface area contributed by atoms with Gasteiger partial charge in [0.2, 0.25) is 0 Å². The van der Waals surface area contributed by atoms with Gasteiger partial charge < -0.3 is 46.7 Å². The number of fused-ring (bicyclic) bond motifs is 1. The second-order valence-corrected chi connectivity index (χ2v) is 27.2. The summed E-state index contributed by atoms with van der Waals surface area (Å²) >= 11 is 0. The standard InChI is InChI=1S/C44H80O10Si2/c1-35(2)55(36(3)4,37(5)6)53-33-29-49-25-21-45-19-23-47-27-31-51-43-17-13-16-42-41(43)15-14-18-44(42)52-32-28-48-24-20-46-22-26-50-30-34-54-56(38(7)8,39(9)10)40(11)12/h13-18,35-40H,19-34H2,1-12H3. The third-order valence-corrected chi connectivity index (χ3v) is 23.1. The average molecular weight is 825 g/mol. The molecular formula is C44H80O10Si2. The first-order chi connectivity index (χ1) is 26.8. The molecule has 0 spiro atoms. The summed E-state index contributed by atoms with van der Waals surface area (Å²) in [5, 5.41) is 1.99. The van der Waals surface area contributed by atoms with Crippen LogP contribution in [-0.4, -0.2) is 122 Å². The first-order valence-electron chi connectivity index (χ1n) is 21.3. The Morgan fingerprint density at radius 1 is 0.321 bits per heavy atom. The predicted molar refractivity (Wildman–Crippen MR) is 234 cm³/mol. The summed E-state index contributed by atoms with van der Waals surface area (Å²) in [4.78, 5) is 0. The van der Waals surface area contributed by atoms with Crippen LogP contribution in [0.25, 0.3) is 10.8 Å². The fourth-order valence-corrected chi connectivity index (χ4v) is 19.4. The zero-order valence-electron chi connectivity index (χ0n) is 37.3. The van der Waals surface area contributed by atoms with E-state index in [1.807, 2.05) is 36.4 Å². The average Bonchev–Trinajstić information content (AvgIpc) is 3.14. The van der Waals surface area contributed by atoms with E-state index in [0.717, 1.165) is 22.3 Å². The van der Waals surface area contributed by atoms with Crippen LogP contribution in [0.3, 0.4) is 0 Å². The molecule has 2 aromatic carbocycles. The highest BCUT2D eigenvalue weighted by molar-refractivity contribution is 6.78. The molecule has 0 aliphatic rings. The minimum absolute atomic E-state index is 0.439. The van der Waals surface area contributed by atoms with Crippen LogP contribution in [-0.2, 0) is 37.3 Å². The van der Waals surface area contributed by atoms with Crippen LogP contribution in [0, 0.1) is 0 Å². The zero-order chi connectivity index (χ0) is 41.4. The number of benzene rings is 2. The maximum Gasteiger partial charge on any atom is 0.200 e. The molecule has 56 heavy (non-hydrogen) atoms. The fourth-order valence-electron chi connectivity index (χ4n) is 8.56. The van der Waals surface area contributed by atoms with E-state index in [1.54, 1.807) is 0 Å². The van der Waals surface area contributed by atoms with Gasteiger partial charge in [-0.15, -0.1) is 0 Å². The molecule has 2 rings (SSSR count). The molecule has 0 bridgehead atoms. The van der Waals surface area contributed by atoms with Gasteiger partial charge in [0, 0.05) is 10.8 Å². The normalized spacial score (nSPS) is 12.8. The summed E-state index contributed by atoms with van der Waals surface area (Å²) < 4.78 is 59.6. The Balaban J connectivity index is 1.53. The van der Waals surface area contributed by atoms with Gasteiger partial charge in [0.05, 0.1) is 92.5 Å². The molecule has 0 aromatic heterocycles. The Kier molecular flexibility index (Phi) is 25.3. The van der Waals surface area contributed by atoms with Gasteiger partial charge >= 0.3 is 0 Å². The van der Waals surface area contributed by atoms with Crippen molar-refractivity contribution in [3.05, 3.63) is 36.4 Å². The Bertz CT molecular complexity index is 1150. The molecule has 0 radical (unpaired) electrons. The van der Waals surface area contributed by atoms with Crippen molar-refractivity contribution in [1.82, 2.24) is 0 Å². The Morgan fingerprint density at radius 2 is 0.554 bits per heavy atom. The third kappa shape index (κ3) is 16.2. The Labute approximate surface area is 343 Å². The molecule has 0 N–H and O–H groups in total. The maximum absolute atomic E-state index is 6.54. The van der Waals surface area contributed by atoms with Crippen LogP contribution >= 0.6 is 0 Å². The van der Waals surface area contributed by atoms with Crippen LogP contribution in [0.2, 0.25) is 33.2 Å². The monoisotopic (exact) mass is 825 g/mol. The predicted octanol–water partition coefficient (Wildman–Crippen LogP) is 10.1. The third-order valence-electron chi connectivity index (χ3n) is 10.9. The van der Waals surface area contributed by atoms with Gasteiger partial charge in [0.1, 0.15) is 24.7 Å². The molecule has 12 heteroatoms. The summed E-state index contributed by atoms with van der Waals surface area (Å²) in [5.41, 5.74) is 3.45. The molecule has 2 aromatic rings. The molecule has 0 aliphatic heterocycles. The van der Waals surface area contributed by atoms with Crippen LogP contribution < -0.4 is 9.47 Å². The lowest BCUT2D eigenvalue weighted by Gasteiger charge is -2.42. The van der Waals surface area contributed by atoms with E-state index in [4.69, 9.17) is 46.7 Å². The second kappa shape index (κ2) is 28.0. The number of hydrogen-bond donors (Lipinski definition) is 0. The summed E-state index contributed by atoms with van der Waals surface area (Å²) in [7, 11) is -3.68. The minimum Gasteiger partial charge on any atom is -0.491 e. The van der Waals surface area contributed by atoms with Gasteiger partial charge in [0.15, 0.2) is 16.6 Å². The lowest BCUT2D eigenvalue weighted by Crippen LogP contribution is -2.48. The van der Waals surface area contributed by atoms with Crippen molar-refractivity contribution in [2.75, 3.05) is 106 Å². The topological polar surface area (TPSA) is 92.3 Å². The summed E-state index contributed by atoms with van der Waals surface area (Å²) in [6.45, 7) is 36.1. The molecule has 0 saturated carbocycles. The lowest BCUT2D eigenvalue weighted by atomic mass is 10.1. The molecule has 324 valence electrons. The van der Waals surface area contributed by atoms with E-state index in [2.05, 4.69) is 83.1 Å². The molecular weight excluding hydrogens is 745 g/mol. The zero-order valence-corrected chi connectivity index (χ0v) is 39.3. The van der Waals surface area contributed by atoms with Gasteiger partial charge in [-0.05, 0) is 45.4 Å². The first-order valence-corrected chi connectivity index (χ1v) is 25.6. The molecule has 0 saturated heterocycles. The van der Waals surface area contributed by atoms with Gasteiger partial charge in [-0.2, -0.15) is 0 Å². The van der Waals surface area contributed by atoms with E-state index in [0.29, 0.717) is 139 Å². The van der Waals surface area contributed by atoms with Crippen LogP contribution in [0.5, 0.6) is 11.5 Å². The number of ether oxygens (including phenoxy) is 8. The molecule has 10 nitrogen and oxygen atoms in total. The van der Waals surface area contributed by atoms with E-state index in [1.165, 1.54) is 0 Å². The molecule has 0 atom stereocenters. The number of hydrogen-bond acceptors (Lipinski definition) is 10. The Hall–Kier alpha value is -1.59. The summed E-state index contributed by atoms with van der Waals surface area (Å²) in [5.74, 6) is 1.59. The van der Waals surface area contributed by atoms with E-state index < -0.39 is 16.6 Å². The molecule has 0 fully saturated rings. The van der Waals surface area contributed by atoms with Crippen molar-refractivity contribution in [3.8, 4) is 11.5 Å². The van der Waals surface area contributed by atoms with Crippen molar-refractivity contribution >= 4 is 27.4 Å². The first kappa shape index (κ1) is 50.6. The molecule has 0 aliphatic carbocycles. The maximum atomic E-state index is 6.54. The molecule has 0 heterocycles. The minimum atomic E-state index is -1.84. The highest BCUT2D eigenvalue weighted by Crippen LogP contribution is 2.43. The van der Waals surface area contributed by atoms with Crippen LogP contribution in [0.4, 0.5) is 0 Å². The quantitative estimate of drug-likeness (QED) is 0.0502. The van der Waals surface area contributed by atoms with Gasteiger partial charge in [-0.25, -0.2) is 0 Å². The Morgan fingerprint density at radius 3 is 0.804 bits per heavy atom. The largest absolute Gasteiger partial charge is 0.491 e. The van der Waals surface area contributed by atoms with Crippen molar-refractivity contribution in [2.24, 2.45) is 0 Å². The highest BCUT2D eigenvalue weighted by Gasteiger charge is 2.45. The second-order valence-electron chi connectivity index (χ2n) is 16.3. The fraction of sp³-hybridized carbons (Fsp3) is 0.773. The van der Waals surface area contributed by atoms with E-state index >= 15 is 0 Å². The van der Waals surface area contributed by atoms with Gasteiger partial charge in [0.25, 0.3) is 0 Å². The van der Waals surface area contributed by atoms with E-state index in [9.17, 15) is 0 Å². The lowest BCUT2D eigenvalue weighted by molar-refractivity contribution is 0.00412. The van der Waals surface area contributed by atoms with Crippen molar-refractivity contribution in [3.63, 3.8) is 0 Å². The van der Waals surface area contributed by atoms with Crippen molar-refractivity contribution in [1.29, 1.82) is 0 Å². The van der Waals surface area contributed by atoms with Crippen molar-refractivity contribution in [2.45, 2.75) is 116 Å². The van der Waals surface area contributed by atoms with Crippen LogP contribution in [0.1, 0.15) is 83.1 Å². The smallest absolute Gasteiger partial charge is 0.200 e. The molecule has 0 unspecified atom stereocenters. The highest BCUT2D eigenvalue weighted by atomic mass is 28.4. The van der Waals surface area contributed by atoms with E-state index in [-0.39, 0.29) is 0 Å². The molecule has 0 amide bonds. The summed E-state index contributed by atoms with van der Waals surface area (Å²) in [6.07, 6.45) is 0. The van der Waals surface area contributed by atoms with Crippen LogP contribution in [0.15, 0.2) is 36.4 Å². The van der Waals surface area contributed by atoms with Gasteiger partial charge in [-0.1, -0.05) is 107 Å². The van der Waals surface area contributed by atoms with Crippen molar-refractivity contribution < 1.29 is 46.7 Å². The number of rotatable bonds is 34. The summed E-state index contributed by atoms with van der Waals surface area (Å²) in [6, 6.07) is 12.0. The SMILES string of the molecule is CC(C)[Si](OCCOCCOCCOCCOc1cccc2c(OCCOCCOCCOCCO[Si](C(C)C)(C(C)C)C(C)C)cccc12)(C(C)C)C(C)C.